The number of halogens is 1. The Morgan fingerprint density at radius 3 is 2.71 bits per heavy atom. The van der Waals surface area contributed by atoms with Crippen molar-refractivity contribution in [3.05, 3.63) is 65.5 Å². The number of ether oxygens (including phenoxy) is 1. The first kappa shape index (κ1) is 19.4. The Morgan fingerprint density at radius 2 is 1.89 bits per heavy atom. The molecule has 2 fully saturated rings. The minimum Gasteiger partial charge on any atom is -0.496 e. The molecular formula is C24H31FN2O. The molecule has 0 radical (unpaired) electrons. The number of nitrogens with one attached hydrogen (secondary N) is 2. The number of methoxy groups -OCH3 is 1. The summed E-state index contributed by atoms with van der Waals surface area (Å²) in [5.41, 5.74) is 2.21. The molecular weight excluding hydrogens is 351 g/mol. The molecule has 4 atom stereocenters. The lowest BCUT2D eigenvalue weighted by Crippen LogP contribution is -2.46. The first-order valence-corrected chi connectivity index (χ1v) is 10.6. The molecule has 2 N–H and O–H groups in total. The van der Waals surface area contributed by atoms with Crippen LogP contribution in [0.1, 0.15) is 49.3 Å². The Bertz CT molecular complexity index is 766. The second-order valence-electron chi connectivity index (χ2n) is 8.20. The van der Waals surface area contributed by atoms with Crippen molar-refractivity contribution in [2.24, 2.45) is 11.8 Å². The zero-order valence-electron chi connectivity index (χ0n) is 16.7. The van der Waals surface area contributed by atoms with Gasteiger partial charge in [-0.2, -0.15) is 0 Å². The van der Waals surface area contributed by atoms with Gasteiger partial charge in [0, 0.05) is 24.2 Å². The van der Waals surface area contributed by atoms with Crippen molar-refractivity contribution < 1.29 is 9.13 Å². The molecule has 0 aromatic heterocycles. The Kier molecular flexibility index (Phi) is 6.28. The molecule has 0 spiro atoms. The average Bonchev–Trinajstić information content (AvgIpc) is 2.92. The highest BCUT2D eigenvalue weighted by Gasteiger charge is 2.38. The minimum absolute atomic E-state index is 0.216. The van der Waals surface area contributed by atoms with Crippen molar-refractivity contribution in [3.8, 4) is 5.75 Å². The van der Waals surface area contributed by atoms with Crippen molar-refractivity contribution in [1.29, 1.82) is 0 Å². The number of rotatable bonds is 5. The highest BCUT2D eigenvalue weighted by Crippen LogP contribution is 2.40. The smallest absolute Gasteiger partial charge is 0.123 e. The summed E-state index contributed by atoms with van der Waals surface area (Å²) < 4.78 is 19.3. The van der Waals surface area contributed by atoms with E-state index in [2.05, 4.69) is 41.0 Å². The van der Waals surface area contributed by atoms with Crippen LogP contribution in [-0.2, 0) is 6.54 Å². The molecule has 1 saturated carbocycles. The van der Waals surface area contributed by atoms with Gasteiger partial charge in [-0.25, -0.2) is 4.39 Å². The molecule has 4 unspecified atom stereocenters. The van der Waals surface area contributed by atoms with Crippen LogP contribution in [0.15, 0.2) is 48.5 Å². The molecule has 1 aliphatic heterocycles. The van der Waals surface area contributed by atoms with E-state index in [1.165, 1.54) is 43.7 Å². The van der Waals surface area contributed by atoms with Crippen LogP contribution in [0, 0.1) is 17.7 Å². The Morgan fingerprint density at radius 1 is 1.07 bits per heavy atom. The van der Waals surface area contributed by atoms with Gasteiger partial charge in [-0.1, -0.05) is 49.6 Å². The van der Waals surface area contributed by atoms with Gasteiger partial charge in [-0.15, -0.1) is 0 Å². The third-order valence-corrected chi connectivity index (χ3v) is 6.60. The summed E-state index contributed by atoms with van der Waals surface area (Å²) in [6.45, 7) is 1.67. The van der Waals surface area contributed by atoms with E-state index in [9.17, 15) is 4.39 Å². The third-order valence-electron chi connectivity index (χ3n) is 6.60. The van der Waals surface area contributed by atoms with E-state index in [0.29, 0.717) is 18.5 Å². The van der Waals surface area contributed by atoms with E-state index in [-0.39, 0.29) is 11.9 Å². The van der Waals surface area contributed by atoms with Gasteiger partial charge in [-0.3, -0.25) is 0 Å². The zero-order valence-corrected chi connectivity index (χ0v) is 16.7. The maximum absolute atomic E-state index is 13.8. The number of benzene rings is 2. The van der Waals surface area contributed by atoms with Crippen molar-refractivity contribution in [2.45, 2.75) is 50.7 Å². The Labute approximate surface area is 167 Å². The fourth-order valence-corrected chi connectivity index (χ4v) is 5.23. The van der Waals surface area contributed by atoms with Crippen molar-refractivity contribution >= 4 is 0 Å². The molecule has 3 nitrogen and oxygen atoms in total. The molecule has 150 valence electrons. The van der Waals surface area contributed by atoms with Crippen LogP contribution in [-0.4, -0.2) is 19.7 Å². The van der Waals surface area contributed by atoms with Gasteiger partial charge in [-0.05, 0) is 55.0 Å². The number of fused-ring (bicyclic) bond motifs is 1. The summed E-state index contributed by atoms with van der Waals surface area (Å²) in [6, 6.07) is 16.1. The summed E-state index contributed by atoms with van der Waals surface area (Å²) >= 11 is 0. The van der Waals surface area contributed by atoms with Gasteiger partial charge in [0.2, 0.25) is 0 Å². The van der Waals surface area contributed by atoms with Crippen LogP contribution >= 0.6 is 0 Å². The Hall–Kier alpha value is -1.91. The largest absolute Gasteiger partial charge is 0.496 e. The highest BCUT2D eigenvalue weighted by molar-refractivity contribution is 5.34. The van der Waals surface area contributed by atoms with Crippen molar-refractivity contribution in [2.75, 3.05) is 13.7 Å². The summed E-state index contributed by atoms with van der Waals surface area (Å²) in [6.07, 6.45) is 6.50. The van der Waals surface area contributed by atoms with Crippen LogP contribution in [0.25, 0.3) is 0 Å². The van der Waals surface area contributed by atoms with E-state index in [0.717, 1.165) is 23.8 Å². The molecule has 0 bridgehead atoms. The summed E-state index contributed by atoms with van der Waals surface area (Å²) in [5.74, 6) is 1.94. The summed E-state index contributed by atoms with van der Waals surface area (Å²) in [4.78, 5) is 0. The fraction of sp³-hybridized carbons (Fsp3) is 0.500. The van der Waals surface area contributed by atoms with E-state index in [4.69, 9.17) is 4.74 Å². The van der Waals surface area contributed by atoms with Crippen LogP contribution < -0.4 is 15.4 Å². The van der Waals surface area contributed by atoms with E-state index in [1.807, 2.05) is 0 Å². The average molecular weight is 383 g/mol. The quantitative estimate of drug-likeness (QED) is 0.777. The molecule has 2 aliphatic rings. The van der Waals surface area contributed by atoms with Crippen molar-refractivity contribution in [1.82, 2.24) is 10.6 Å². The maximum atomic E-state index is 13.8. The van der Waals surface area contributed by atoms with Crippen LogP contribution in [0.3, 0.4) is 0 Å². The second kappa shape index (κ2) is 9.06. The fourth-order valence-electron chi connectivity index (χ4n) is 5.23. The molecule has 4 rings (SSSR count). The molecule has 1 heterocycles. The monoisotopic (exact) mass is 382 g/mol. The molecule has 1 aliphatic carbocycles. The minimum atomic E-state index is -0.216. The van der Waals surface area contributed by atoms with Gasteiger partial charge in [0.05, 0.1) is 7.11 Å². The zero-order chi connectivity index (χ0) is 19.3. The number of hydrogen-bond donors (Lipinski definition) is 2. The molecule has 1 saturated heterocycles. The predicted molar refractivity (Wildman–Crippen MR) is 111 cm³/mol. The standard InChI is InChI=1S/C24H31FN2O/c1-28-22-12-11-20(25)15-19(22)16-27-24-21-10-6-5-7-17(21)13-14-26-23(24)18-8-3-2-4-9-18/h2-4,8-9,11-12,15,17,21,23-24,26-27H,5-7,10,13-14,16H2,1H3. The molecule has 0 amide bonds. The van der Waals surface area contributed by atoms with E-state index >= 15 is 0 Å². The van der Waals surface area contributed by atoms with Gasteiger partial charge < -0.3 is 15.4 Å². The topological polar surface area (TPSA) is 33.3 Å². The summed E-state index contributed by atoms with van der Waals surface area (Å²) in [5, 5.41) is 7.63. The number of hydrogen-bond acceptors (Lipinski definition) is 3. The first-order valence-electron chi connectivity index (χ1n) is 10.6. The third kappa shape index (κ3) is 4.23. The van der Waals surface area contributed by atoms with Gasteiger partial charge in [0.15, 0.2) is 0 Å². The van der Waals surface area contributed by atoms with Crippen molar-refractivity contribution in [3.63, 3.8) is 0 Å². The molecule has 28 heavy (non-hydrogen) atoms. The van der Waals surface area contributed by atoms with Gasteiger partial charge >= 0.3 is 0 Å². The second-order valence-corrected chi connectivity index (χ2v) is 8.20. The van der Waals surface area contributed by atoms with Crippen LogP contribution in [0.5, 0.6) is 5.75 Å². The van der Waals surface area contributed by atoms with Crippen LogP contribution in [0.2, 0.25) is 0 Å². The molecule has 4 heteroatoms. The first-order chi connectivity index (χ1) is 13.8. The Balaban J connectivity index is 1.61. The van der Waals surface area contributed by atoms with Gasteiger partial charge in [0.1, 0.15) is 11.6 Å². The SMILES string of the molecule is COc1ccc(F)cc1CNC1C(c2ccccc2)NCCC2CCCCC21. The maximum Gasteiger partial charge on any atom is 0.123 e. The normalized spacial score (nSPS) is 27.6. The molecule has 2 aromatic rings. The molecule has 2 aromatic carbocycles. The van der Waals surface area contributed by atoms with Crippen LogP contribution in [0.4, 0.5) is 4.39 Å². The van der Waals surface area contributed by atoms with E-state index < -0.39 is 0 Å². The lowest BCUT2D eigenvalue weighted by Gasteiger charge is -2.39. The predicted octanol–water partition coefficient (Wildman–Crippen LogP) is 4.83. The lowest BCUT2D eigenvalue weighted by molar-refractivity contribution is 0.170. The highest BCUT2D eigenvalue weighted by atomic mass is 19.1. The van der Waals surface area contributed by atoms with E-state index in [1.54, 1.807) is 19.2 Å². The summed E-state index contributed by atoms with van der Waals surface area (Å²) in [7, 11) is 1.65. The van der Waals surface area contributed by atoms with Gasteiger partial charge in [0.25, 0.3) is 0 Å². The lowest BCUT2D eigenvalue weighted by atomic mass is 9.72.